The monoisotopic (exact) mass is 363 g/mol. The van der Waals surface area contributed by atoms with Crippen molar-refractivity contribution in [3.8, 4) is 0 Å². The number of rotatable bonds is 4. The third-order valence-electron chi connectivity index (χ3n) is 2.77. The first-order valence-electron chi connectivity index (χ1n) is 5.45. The zero-order valence-corrected chi connectivity index (χ0v) is 12.2. The summed E-state index contributed by atoms with van der Waals surface area (Å²) < 4.78 is 14.1. The van der Waals surface area contributed by atoms with Crippen molar-refractivity contribution in [2.24, 2.45) is 5.92 Å². The van der Waals surface area contributed by atoms with Crippen molar-refractivity contribution in [3.05, 3.63) is 34.1 Å². The van der Waals surface area contributed by atoms with Gasteiger partial charge < -0.3 is 5.32 Å². The molecule has 2 nitrogen and oxygen atoms in total. The number of carbonyl (C=O) groups is 1. The van der Waals surface area contributed by atoms with Crippen molar-refractivity contribution >= 4 is 37.8 Å². The van der Waals surface area contributed by atoms with Gasteiger partial charge in [0, 0.05) is 15.8 Å². The van der Waals surface area contributed by atoms with Gasteiger partial charge in [0.25, 0.3) is 5.91 Å². The van der Waals surface area contributed by atoms with Crippen LogP contribution < -0.4 is 5.32 Å². The van der Waals surface area contributed by atoms with E-state index in [1.165, 1.54) is 25.0 Å². The largest absolute Gasteiger partial charge is 0.351 e. The van der Waals surface area contributed by atoms with Gasteiger partial charge in [-0.2, -0.15) is 0 Å². The van der Waals surface area contributed by atoms with Gasteiger partial charge in [0.05, 0.1) is 5.56 Å². The van der Waals surface area contributed by atoms with E-state index in [0.717, 1.165) is 0 Å². The molecule has 1 fully saturated rings. The summed E-state index contributed by atoms with van der Waals surface area (Å²) in [6.45, 7) is 0.541. The molecule has 1 unspecified atom stereocenters. The molecule has 0 radical (unpaired) electrons. The fourth-order valence-corrected chi connectivity index (χ4v) is 2.61. The molecule has 1 saturated carbocycles. The molecule has 0 saturated heterocycles. The minimum Gasteiger partial charge on any atom is -0.351 e. The van der Waals surface area contributed by atoms with Gasteiger partial charge in [-0.3, -0.25) is 4.79 Å². The van der Waals surface area contributed by atoms with Crippen molar-refractivity contribution < 1.29 is 9.18 Å². The minimum absolute atomic E-state index is 0.0868. The van der Waals surface area contributed by atoms with E-state index >= 15 is 0 Å². The van der Waals surface area contributed by atoms with Crippen LogP contribution in [0, 0.1) is 11.7 Å². The van der Waals surface area contributed by atoms with Crippen LogP contribution in [0.25, 0.3) is 0 Å². The molecule has 0 spiro atoms. The molecule has 5 heteroatoms. The lowest BCUT2D eigenvalue weighted by Gasteiger charge is -2.10. The van der Waals surface area contributed by atoms with Crippen molar-refractivity contribution in [1.82, 2.24) is 5.32 Å². The van der Waals surface area contributed by atoms with Gasteiger partial charge in [0.1, 0.15) is 5.82 Å². The maximum Gasteiger partial charge on any atom is 0.254 e. The van der Waals surface area contributed by atoms with Gasteiger partial charge in [0.2, 0.25) is 0 Å². The molecule has 17 heavy (non-hydrogen) atoms. The Hall–Kier alpha value is -0.420. The molecule has 1 aromatic carbocycles. The molecular formula is C12H12Br2FNO. The van der Waals surface area contributed by atoms with Gasteiger partial charge in [-0.1, -0.05) is 31.9 Å². The van der Waals surface area contributed by atoms with Crippen molar-refractivity contribution in [3.63, 3.8) is 0 Å². The first kappa shape index (κ1) is 13.0. The standard InChI is InChI=1S/C12H12Br2FNO/c13-8-3-4-9(11(15)5-8)12(17)16-6-10(14)7-1-2-7/h3-5,7,10H,1-2,6H2,(H,16,17). The fraction of sp³-hybridized carbons (Fsp3) is 0.417. The molecule has 0 heterocycles. The summed E-state index contributed by atoms with van der Waals surface area (Å²) in [6.07, 6.45) is 2.41. The van der Waals surface area contributed by atoms with Crippen LogP contribution in [0.1, 0.15) is 23.2 Å². The molecule has 0 aliphatic heterocycles. The van der Waals surface area contributed by atoms with Crippen LogP contribution in [-0.4, -0.2) is 17.3 Å². The Kier molecular flexibility index (Phi) is 4.20. The lowest BCUT2D eigenvalue weighted by Crippen LogP contribution is -2.30. The molecule has 1 aliphatic carbocycles. The number of halogens is 3. The second kappa shape index (κ2) is 5.48. The van der Waals surface area contributed by atoms with Crippen LogP contribution in [0.3, 0.4) is 0 Å². The van der Waals surface area contributed by atoms with Gasteiger partial charge in [0.15, 0.2) is 0 Å². The predicted octanol–water partition coefficient (Wildman–Crippen LogP) is 3.49. The van der Waals surface area contributed by atoms with Crippen LogP contribution in [0.15, 0.2) is 22.7 Å². The van der Waals surface area contributed by atoms with Crippen LogP contribution in [-0.2, 0) is 0 Å². The summed E-state index contributed by atoms with van der Waals surface area (Å²) in [5.74, 6) is -0.209. The SMILES string of the molecule is O=C(NCC(Br)C1CC1)c1ccc(Br)cc1F. The summed E-state index contributed by atoms with van der Waals surface area (Å²) in [5.41, 5.74) is 0.0868. The molecule has 2 rings (SSSR count). The lowest BCUT2D eigenvalue weighted by atomic mass is 10.2. The Morgan fingerprint density at radius 2 is 2.24 bits per heavy atom. The van der Waals surface area contributed by atoms with Crippen LogP contribution in [0.5, 0.6) is 0 Å². The lowest BCUT2D eigenvalue weighted by molar-refractivity contribution is 0.0949. The Bertz CT molecular complexity index is 435. The van der Waals surface area contributed by atoms with E-state index in [1.807, 2.05) is 0 Å². The number of alkyl halides is 1. The highest BCUT2D eigenvalue weighted by molar-refractivity contribution is 9.10. The number of hydrogen-bond acceptors (Lipinski definition) is 1. The molecule has 0 aromatic heterocycles. The number of nitrogens with one attached hydrogen (secondary N) is 1. The van der Waals surface area contributed by atoms with Gasteiger partial charge in [-0.25, -0.2) is 4.39 Å². The average molecular weight is 365 g/mol. The first-order chi connectivity index (χ1) is 8.08. The van der Waals surface area contributed by atoms with Gasteiger partial charge in [-0.05, 0) is 37.0 Å². The highest BCUT2D eigenvalue weighted by atomic mass is 79.9. The minimum atomic E-state index is -0.505. The number of amides is 1. The summed E-state index contributed by atoms with van der Waals surface area (Å²) in [5, 5.41) is 2.74. The molecule has 1 amide bonds. The fourth-order valence-electron chi connectivity index (χ4n) is 1.58. The van der Waals surface area contributed by atoms with Gasteiger partial charge >= 0.3 is 0 Å². The van der Waals surface area contributed by atoms with Crippen molar-refractivity contribution in [2.75, 3.05) is 6.54 Å². The van der Waals surface area contributed by atoms with Crippen LogP contribution in [0.2, 0.25) is 0 Å². The highest BCUT2D eigenvalue weighted by Crippen LogP contribution is 2.36. The molecule has 92 valence electrons. The number of benzene rings is 1. The Morgan fingerprint density at radius 3 is 2.82 bits per heavy atom. The van der Waals surface area contributed by atoms with Crippen LogP contribution >= 0.6 is 31.9 Å². The smallest absolute Gasteiger partial charge is 0.254 e. The topological polar surface area (TPSA) is 29.1 Å². The van der Waals surface area contributed by atoms with E-state index in [2.05, 4.69) is 37.2 Å². The summed E-state index contributed by atoms with van der Waals surface area (Å²) in [4.78, 5) is 12.0. The van der Waals surface area contributed by atoms with Crippen LogP contribution in [0.4, 0.5) is 4.39 Å². The Labute approximate surface area is 116 Å². The number of hydrogen-bond donors (Lipinski definition) is 1. The Morgan fingerprint density at radius 1 is 1.53 bits per heavy atom. The summed E-state index contributed by atoms with van der Waals surface area (Å²) >= 11 is 6.68. The molecular weight excluding hydrogens is 353 g/mol. The molecule has 0 bridgehead atoms. The van der Waals surface area contributed by atoms with Crippen molar-refractivity contribution in [1.29, 1.82) is 0 Å². The maximum atomic E-state index is 13.5. The van der Waals surface area contributed by atoms with E-state index < -0.39 is 5.82 Å². The quantitative estimate of drug-likeness (QED) is 0.814. The summed E-state index contributed by atoms with van der Waals surface area (Å²) in [7, 11) is 0. The van der Waals surface area contributed by atoms with Gasteiger partial charge in [-0.15, -0.1) is 0 Å². The zero-order chi connectivity index (χ0) is 12.4. The van der Waals surface area contributed by atoms with Crippen molar-refractivity contribution in [2.45, 2.75) is 17.7 Å². The normalized spacial score (nSPS) is 16.6. The Balaban J connectivity index is 1.94. The maximum absolute atomic E-state index is 13.5. The second-order valence-corrected chi connectivity index (χ2v) is 6.28. The molecule has 1 atom stereocenters. The van der Waals surface area contributed by atoms with E-state index in [1.54, 1.807) is 6.07 Å². The second-order valence-electron chi connectivity index (χ2n) is 4.19. The molecule has 1 aliphatic rings. The predicted molar refractivity (Wildman–Crippen MR) is 71.9 cm³/mol. The highest BCUT2D eigenvalue weighted by Gasteiger charge is 2.29. The third kappa shape index (κ3) is 3.52. The van der Waals surface area contributed by atoms with E-state index in [-0.39, 0.29) is 11.5 Å². The van der Waals surface area contributed by atoms with E-state index in [0.29, 0.717) is 21.8 Å². The zero-order valence-electron chi connectivity index (χ0n) is 9.05. The first-order valence-corrected chi connectivity index (χ1v) is 7.16. The summed E-state index contributed by atoms with van der Waals surface area (Å²) in [6, 6.07) is 4.43. The van der Waals surface area contributed by atoms with E-state index in [4.69, 9.17) is 0 Å². The average Bonchev–Trinajstić information content (AvgIpc) is 3.09. The molecule has 1 aromatic rings. The number of carbonyl (C=O) groups excluding carboxylic acids is 1. The molecule has 1 N–H and O–H groups in total. The third-order valence-corrected chi connectivity index (χ3v) is 4.33. The van der Waals surface area contributed by atoms with E-state index in [9.17, 15) is 9.18 Å².